The summed E-state index contributed by atoms with van der Waals surface area (Å²) in [6, 6.07) is 12.2. The van der Waals surface area contributed by atoms with Gasteiger partial charge in [-0.25, -0.2) is 9.18 Å². The lowest BCUT2D eigenvalue weighted by Crippen LogP contribution is -2.45. The van der Waals surface area contributed by atoms with E-state index in [0.717, 1.165) is 36.8 Å². The second-order valence-corrected chi connectivity index (χ2v) is 8.31. The number of hydrogen-bond acceptors (Lipinski definition) is 5. The van der Waals surface area contributed by atoms with Crippen LogP contribution in [0, 0.1) is 5.82 Å². The summed E-state index contributed by atoms with van der Waals surface area (Å²) in [7, 11) is 2.07. The predicted octanol–water partition coefficient (Wildman–Crippen LogP) is 1.98. The van der Waals surface area contributed by atoms with Crippen molar-refractivity contribution in [2.45, 2.75) is 12.5 Å². The number of anilines is 2. The monoisotopic (exact) mass is 439 g/mol. The van der Waals surface area contributed by atoms with Gasteiger partial charge in [0.05, 0.1) is 11.4 Å². The molecule has 0 radical (unpaired) electrons. The molecular weight excluding hydrogens is 413 g/mol. The van der Waals surface area contributed by atoms with E-state index in [0.29, 0.717) is 11.3 Å². The Bertz CT molecular complexity index is 1040. The van der Waals surface area contributed by atoms with Crippen molar-refractivity contribution in [3.05, 3.63) is 59.9 Å². The molecule has 2 aromatic rings. The fourth-order valence-corrected chi connectivity index (χ4v) is 4.06. The number of rotatable bonds is 5. The van der Waals surface area contributed by atoms with Gasteiger partial charge >= 0.3 is 6.03 Å². The van der Waals surface area contributed by atoms with Gasteiger partial charge in [0.25, 0.3) is 5.91 Å². The van der Waals surface area contributed by atoms with E-state index < -0.39 is 35.7 Å². The van der Waals surface area contributed by atoms with Gasteiger partial charge in [-0.1, -0.05) is 24.3 Å². The van der Waals surface area contributed by atoms with Crippen LogP contribution in [-0.4, -0.2) is 67.4 Å². The van der Waals surface area contributed by atoms with Crippen LogP contribution in [0.15, 0.2) is 48.5 Å². The zero-order chi connectivity index (χ0) is 22.9. The van der Waals surface area contributed by atoms with Gasteiger partial charge in [0.2, 0.25) is 5.91 Å². The first-order chi connectivity index (χ1) is 15.3. The number of piperazine rings is 1. The Morgan fingerprint density at radius 3 is 2.41 bits per heavy atom. The van der Waals surface area contributed by atoms with Gasteiger partial charge in [-0.05, 0) is 43.8 Å². The number of para-hydroxylation sites is 2. The topological polar surface area (TPSA) is 85.0 Å². The first-order valence-corrected chi connectivity index (χ1v) is 10.5. The van der Waals surface area contributed by atoms with E-state index in [1.807, 2.05) is 18.2 Å². The maximum Gasteiger partial charge on any atom is 0.325 e. The lowest BCUT2D eigenvalue weighted by atomic mass is 9.92. The SMILES string of the molecule is CN1CCN(c2ccccc2NC(=O)CN2C(=O)NC(C)(c3ccc(F)cc3)C2=O)CC1. The maximum absolute atomic E-state index is 13.3. The van der Waals surface area contributed by atoms with Gasteiger partial charge < -0.3 is 20.4 Å². The Hall–Kier alpha value is -3.46. The highest BCUT2D eigenvalue weighted by Crippen LogP contribution is 2.30. The molecule has 2 fully saturated rings. The number of imide groups is 1. The van der Waals surface area contributed by atoms with Gasteiger partial charge in [0, 0.05) is 26.2 Å². The quantitative estimate of drug-likeness (QED) is 0.696. The molecule has 0 saturated carbocycles. The van der Waals surface area contributed by atoms with Crippen molar-refractivity contribution in [3.63, 3.8) is 0 Å². The molecule has 2 heterocycles. The molecular formula is C23H26FN5O3. The first kappa shape index (κ1) is 21.8. The third-order valence-corrected chi connectivity index (χ3v) is 6.02. The van der Waals surface area contributed by atoms with Gasteiger partial charge in [-0.3, -0.25) is 14.5 Å². The fourth-order valence-electron chi connectivity index (χ4n) is 4.06. The van der Waals surface area contributed by atoms with E-state index >= 15 is 0 Å². The summed E-state index contributed by atoms with van der Waals surface area (Å²) in [6.07, 6.45) is 0. The summed E-state index contributed by atoms with van der Waals surface area (Å²) >= 11 is 0. The molecule has 2 aliphatic rings. The van der Waals surface area contributed by atoms with Crippen LogP contribution in [0.25, 0.3) is 0 Å². The maximum atomic E-state index is 13.3. The van der Waals surface area contributed by atoms with Crippen molar-refractivity contribution in [3.8, 4) is 0 Å². The summed E-state index contributed by atoms with van der Waals surface area (Å²) in [5.41, 5.74) is 0.626. The Morgan fingerprint density at radius 1 is 1.06 bits per heavy atom. The summed E-state index contributed by atoms with van der Waals surface area (Å²) in [6.45, 7) is 4.65. The molecule has 0 bridgehead atoms. The molecule has 1 unspecified atom stereocenters. The van der Waals surface area contributed by atoms with Crippen LogP contribution in [0.1, 0.15) is 12.5 Å². The van der Waals surface area contributed by atoms with Crippen LogP contribution in [0.5, 0.6) is 0 Å². The van der Waals surface area contributed by atoms with Crippen molar-refractivity contribution in [2.75, 3.05) is 50.0 Å². The number of urea groups is 1. The number of carbonyl (C=O) groups is 3. The van der Waals surface area contributed by atoms with Crippen molar-refractivity contribution >= 4 is 29.2 Å². The van der Waals surface area contributed by atoms with Crippen LogP contribution in [0.3, 0.4) is 0 Å². The second kappa shape index (κ2) is 8.58. The predicted molar refractivity (Wildman–Crippen MR) is 119 cm³/mol. The Labute approximate surface area is 186 Å². The molecule has 2 N–H and O–H groups in total. The summed E-state index contributed by atoms with van der Waals surface area (Å²) in [5.74, 6) is -1.47. The molecule has 4 amide bonds. The van der Waals surface area contributed by atoms with Gasteiger partial charge in [-0.2, -0.15) is 0 Å². The number of carbonyl (C=O) groups excluding carboxylic acids is 3. The Kier molecular flexibility index (Phi) is 5.84. The number of benzene rings is 2. The molecule has 8 nitrogen and oxygen atoms in total. The number of amides is 4. The minimum atomic E-state index is -1.36. The summed E-state index contributed by atoms with van der Waals surface area (Å²) in [4.78, 5) is 43.6. The van der Waals surface area contributed by atoms with Gasteiger partial charge in [0.15, 0.2) is 0 Å². The largest absolute Gasteiger partial charge is 0.367 e. The van der Waals surface area contributed by atoms with Gasteiger partial charge in [0.1, 0.15) is 17.9 Å². The smallest absolute Gasteiger partial charge is 0.325 e. The number of halogens is 1. The number of nitrogens with zero attached hydrogens (tertiary/aromatic N) is 3. The van der Waals surface area contributed by atoms with Crippen molar-refractivity contribution in [1.29, 1.82) is 0 Å². The fraction of sp³-hybridized carbons (Fsp3) is 0.348. The standard InChI is InChI=1S/C23H26FN5O3/c1-23(16-7-9-17(24)10-8-16)21(31)29(22(32)26-23)15-20(30)25-18-5-3-4-6-19(18)28-13-11-27(2)12-14-28/h3-10H,11-15H2,1-2H3,(H,25,30)(H,26,32). The molecule has 2 saturated heterocycles. The molecule has 1 atom stereocenters. The summed E-state index contributed by atoms with van der Waals surface area (Å²) in [5, 5.41) is 5.47. The third-order valence-electron chi connectivity index (χ3n) is 6.02. The van der Waals surface area contributed by atoms with E-state index in [-0.39, 0.29) is 0 Å². The van der Waals surface area contributed by atoms with E-state index in [4.69, 9.17) is 0 Å². The Balaban J connectivity index is 1.46. The third kappa shape index (κ3) is 4.16. The van der Waals surface area contributed by atoms with Crippen LogP contribution >= 0.6 is 0 Å². The minimum absolute atomic E-state index is 0.418. The molecule has 9 heteroatoms. The Morgan fingerprint density at radius 2 is 1.72 bits per heavy atom. The molecule has 2 aliphatic heterocycles. The van der Waals surface area contributed by atoms with Crippen molar-refractivity contribution < 1.29 is 18.8 Å². The molecule has 0 spiro atoms. The second-order valence-electron chi connectivity index (χ2n) is 8.31. The highest BCUT2D eigenvalue weighted by atomic mass is 19.1. The lowest BCUT2D eigenvalue weighted by Gasteiger charge is -2.35. The molecule has 0 aliphatic carbocycles. The number of nitrogens with one attached hydrogen (secondary N) is 2. The molecule has 2 aromatic carbocycles. The minimum Gasteiger partial charge on any atom is -0.367 e. The molecule has 168 valence electrons. The van der Waals surface area contributed by atoms with E-state index in [2.05, 4.69) is 27.5 Å². The molecule has 0 aromatic heterocycles. The van der Waals surface area contributed by atoms with Crippen LogP contribution in [-0.2, 0) is 15.1 Å². The number of likely N-dealkylation sites (N-methyl/N-ethyl adjacent to an activating group) is 1. The van der Waals surface area contributed by atoms with Crippen molar-refractivity contribution in [1.82, 2.24) is 15.1 Å². The molecule has 4 rings (SSSR count). The highest BCUT2D eigenvalue weighted by molar-refractivity contribution is 6.10. The highest BCUT2D eigenvalue weighted by Gasteiger charge is 2.49. The number of hydrogen-bond donors (Lipinski definition) is 2. The van der Waals surface area contributed by atoms with Crippen molar-refractivity contribution in [2.24, 2.45) is 0 Å². The van der Waals surface area contributed by atoms with E-state index in [1.165, 1.54) is 24.3 Å². The first-order valence-electron chi connectivity index (χ1n) is 10.5. The van der Waals surface area contributed by atoms with E-state index in [9.17, 15) is 18.8 Å². The zero-order valence-electron chi connectivity index (χ0n) is 18.1. The molecule has 32 heavy (non-hydrogen) atoms. The average molecular weight is 439 g/mol. The van der Waals surface area contributed by atoms with E-state index in [1.54, 1.807) is 13.0 Å². The van der Waals surface area contributed by atoms with Crippen LogP contribution in [0.2, 0.25) is 0 Å². The zero-order valence-corrected chi connectivity index (χ0v) is 18.1. The normalized spacial score (nSPS) is 21.6. The van der Waals surface area contributed by atoms with Crippen LogP contribution in [0.4, 0.5) is 20.6 Å². The van der Waals surface area contributed by atoms with Crippen LogP contribution < -0.4 is 15.5 Å². The lowest BCUT2D eigenvalue weighted by molar-refractivity contribution is -0.133. The van der Waals surface area contributed by atoms with Gasteiger partial charge in [-0.15, -0.1) is 0 Å². The average Bonchev–Trinajstić information content (AvgIpc) is 2.99. The summed E-state index contributed by atoms with van der Waals surface area (Å²) < 4.78 is 13.3.